The van der Waals surface area contributed by atoms with Crippen molar-refractivity contribution in [3.63, 3.8) is 0 Å². The first-order valence-corrected chi connectivity index (χ1v) is 7.66. The fourth-order valence-electron chi connectivity index (χ4n) is 2.67. The molecule has 24 heavy (non-hydrogen) atoms. The van der Waals surface area contributed by atoms with E-state index in [9.17, 15) is 18.4 Å². The van der Waals surface area contributed by atoms with Crippen LogP contribution in [0.15, 0.2) is 24.3 Å². The van der Waals surface area contributed by atoms with Gasteiger partial charge in [0.15, 0.2) is 0 Å². The van der Waals surface area contributed by atoms with E-state index in [1.807, 2.05) is 0 Å². The molecule has 0 radical (unpaired) electrons. The fourth-order valence-corrected chi connectivity index (χ4v) is 2.67. The van der Waals surface area contributed by atoms with Crippen LogP contribution in [-0.2, 0) is 9.53 Å². The van der Waals surface area contributed by atoms with Gasteiger partial charge in [-0.05, 0) is 25.0 Å². The largest absolute Gasteiger partial charge is 0.434 e. The minimum atomic E-state index is -3.02. The average molecular weight is 342 g/mol. The van der Waals surface area contributed by atoms with E-state index >= 15 is 0 Å². The van der Waals surface area contributed by atoms with Crippen LogP contribution in [0.2, 0.25) is 0 Å². The molecule has 0 spiro atoms. The van der Waals surface area contributed by atoms with Crippen molar-refractivity contribution >= 4 is 11.8 Å². The van der Waals surface area contributed by atoms with Gasteiger partial charge in [-0.3, -0.25) is 9.59 Å². The van der Waals surface area contributed by atoms with Crippen LogP contribution in [0, 0.1) is 0 Å². The van der Waals surface area contributed by atoms with E-state index in [1.54, 1.807) is 6.07 Å². The Labute approximate surface area is 138 Å². The number of halogens is 2. The van der Waals surface area contributed by atoms with E-state index in [2.05, 4.69) is 10.1 Å². The number of benzene rings is 1. The molecule has 1 heterocycles. The third kappa shape index (κ3) is 4.41. The zero-order valence-corrected chi connectivity index (χ0v) is 13.3. The number of rotatable bonds is 7. The molecule has 0 bridgehead atoms. The van der Waals surface area contributed by atoms with Crippen LogP contribution in [0.4, 0.5) is 8.78 Å². The van der Waals surface area contributed by atoms with Gasteiger partial charge in [0.2, 0.25) is 5.91 Å². The van der Waals surface area contributed by atoms with Gasteiger partial charge >= 0.3 is 6.61 Å². The molecule has 1 aliphatic rings. The van der Waals surface area contributed by atoms with Crippen LogP contribution < -0.4 is 10.1 Å². The van der Waals surface area contributed by atoms with Crippen molar-refractivity contribution in [2.75, 3.05) is 26.8 Å². The lowest BCUT2D eigenvalue weighted by Gasteiger charge is -2.24. The molecular formula is C16H20F2N2O4. The Kier molecular flexibility index (Phi) is 6.48. The molecule has 2 rings (SSSR count). The quantitative estimate of drug-likeness (QED) is 0.765. The van der Waals surface area contributed by atoms with Crippen LogP contribution >= 0.6 is 0 Å². The number of hydrogen-bond acceptors (Lipinski definition) is 4. The molecule has 0 aliphatic carbocycles. The number of nitrogens with zero attached hydrogens (tertiary/aromatic N) is 1. The number of methoxy groups -OCH3 is 1. The van der Waals surface area contributed by atoms with Crippen LogP contribution in [0.3, 0.4) is 0 Å². The molecule has 1 fully saturated rings. The van der Waals surface area contributed by atoms with E-state index in [0.717, 1.165) is 0 Å². The Balaban J connectivity index is 2.12. The third-order valence-electron chi connectivity index (χ3n) is 3.76. The minimum Gasteiger partial charge on any atom is -0.434 e. The lowest BCUT2D eigenvalue weighted by Crippen LogP contribution is -2.46. The summed E-state index contributed by atoms with van der Waals surface area (Å²) in [7, 11) is 1.53. The number of carbonyl (C=O) groups excluding carboxylic acids is 2. The van der Waals surface area contributed by atoms with E-state index < -0.39 is 18.6 Å². The standard InChI is InChI=1S/C16H20F2N2O4/c1-23-10-8-19-14(21)12-6-4-9-20(12)15(22)11-5-2-3-7-13(11)24-16(17)18/h2-3,5,7,12,16H,4,6,8-10H2,1H3,(H,19,21). The topological polar surface area (TPSA) is 67.9 Å². The Bertz CT molecular complexity index is 583. The molecule has 1 unspecified atom stereocenters. The summed E-state index contributed by atoms with van der Waals surface area (Å²) >= 11 is 0. The lowest BCUT2D eigenvalue weighted by atomic mass is 10.1. The maximum absolute atomic E-state index is 12.7. The SMILES string of the molecule is COCCNC(=O)C1CCCN1C(=O)c1ccccc1OC(F)F. The molecule has 1 atom stereocenters. The molecular weight excluding hydrogens is 322 g/mol. The van der Waals surface area contributed by atoms with Crippen LogP contribution in [0.25, 0.3) is 0 Å². The monoisotopic (exact) mass is 342 g/mol. The van der Waals surface area contributed by atoms with Gasteiger partial charge in [0, 0.05) is 20.2 Å². The van der Waals surface area contributed by atoms with Crippen LogP contribution in [0.5, 0.6) is 5.75 Å². The summed E-state index contributed by atoms with van der Waals surface area (Å²) in [6.45, 7) is -1.91. The maximum Gasteiger partial charge on any atom is 0.387 e. The Morgan fingerprint density at radius 1 is 1.38 bits per heavy atom. The Morgan fingerprint density at radius 2 is 2.12 bits per heavy atom. The Hall–Kier alpha value is -2.22. The maximum atomic E-state index is 12.7. The van der Waals surface area contributed by atoms with E-state index in [-0.39, 0.29) is 17.2 Å². The van der Waals surface area contributed by atoms with Crippen molar-refractivity contribution in [1.82, 2.24) is 10.2 Å². The van der Waals surface area contributed by atoms with Crippen molar-refractivity contribution in [3.8, 4) is 5.75 Å². The Morgan fingerprint density at radius 3 is 2.83 bits per heavy atom. The summed E-state index contributed by atoms with van der Waals surface area (Å²) in [5.74, 6) is -0.955. The molecule has 0 aromatic heterocycles. The van der Waals surface area contributed by atoms with Crippen LogP contribution in [0.1, 0.15) is 23.2 Å². The van der Waals surface area contributed by atoms with Crippen molar-refractivity contribution < 1.29 is 27.8 Å². The highest BCUT2D eigenvalue weighted by atomic mass is 19.3. The number of carbonyl (C=O) groups is 2. The molecule has 1 N–H and O–H groups in total. The average Bonchev–Trinajstić information content (AvgIpc) is 3.04. The molecule has 132 valence electrons. The summed E-state index contributed by atoms with van der Waals surface area (Å²) in [6.07, 6.45) is 1.20. The summed E-state index contributed by atoms with van der Waals surface area (Å²) in [6, 6.07) is 5.18. The number of ether oxygens (including phenoxy) is 2. The van der Waals surface area contributed by atoms with E-state index in [4.69, 9.17) is 4.74 Å². The van der Waals surface area contributed by atoms with Crippen LogP contribution in [-0.4, -0.2) is 56.2 Å². The fraction of sp³-hybridized carbons (Fsp3) is 0.500. The zero-order chi connectivity index (χ0) is 17.5. The number of alkyl halides is 2. The van der Waals surface area contributed by atoms with Gasteiger partial charge in [-0.2, -0.15) is 8.78 Å². The molecule has 2 amide bonds. The van der Waals surface area contributed by atoms with Crippen molar-refractivity contribution in [2.24, 2.45) is 0 Å². The molecule has 8 heteroatoms. The van der Waals surface area contributed by atoms with Crippen molar-refractivity contribution in [1.29, 1.82) is 0 Å². The molecule has 1 saturated heterocycles. The predicted octanol–water partition coefficient (Wildman–Crippen LogP) is 1.66. The minimum absolute atomic E-state index is 0.0226. The second-order valence-electron chi connectivity index (χ2n) is 5.32. The number of nitrogens with one attached hydrogen (secondary N) is 1. The highest BCUT2D eigenvalue weighted by Crippen LogP contribution is 2.26. The summed E-state index contributed by atoms with van der Waals surface area (Å²) < 4.78 is 34.3. The number of hydrogen-bond donors (Lipinski definition) is 1. The first-order chi connectivity index (χ1) is 11.5. The second-order valence-corrected chi connectivity index (χ2v) is 5.32. The van der Waals surface area contributed by atoms with Gasteiger partial charge in [-0.15, -0.1) is 0 Å². The molecule has 1 aliphatic heterocycles. The first kappa shape index (κ1) is 18.1. The number of likely N-dealkylation sites (tertiary alicyclic amines) is 1. The highest BCUT2D eigenvalue weighted by molar-refractivity contribution is 6.00. The second kappa shape index (κ2) is 8.58. The zero-order valence-electron chi connectivity index (χ0n) is 13.3. The smallest absolute Gasteiger partial charge is 0.387 e. The van der Waals surface area contributed by atoms with Gasteiger partial charge in [0.1, 0.15) is 11.8 Å². The van der Waals surface area contributed by atoms with Crippen molar-refractivity contribution in [2.45, 2.75) is 25.5 Å². The highest BCUT2D eigenvalue weighted by Gasteiger charge is 2.35. The molecule has 1 aromatic carbocycles. The molecule has 1 aromatic rings. The van der Waals surface area contributed by atoms with E-state index in [0.29, 0.717) is 32.5 Å². The lowest BCUT2D eigenvalue weighted by molar-refractivity contribution is -0.125. The van der Waals surface area contributed by atoms with E-state index in [1.165, 1.54) is 30.2 Å². The van der Waals surface area contributed by atoms with Gasteiger partial charge in [0.05, 0.1) is 12.2 Å². The van der Waals surface area contributed by atoms with Gasteiger partial charge in [-0.25, -0.2) is 0 Å². The molecule has 0 saturated carbocycles. The van der Waals surface area contributed by atoms with Gasteiger partial charge < -0.3 is 19.7 Å². The first-order valence-electron chi connectivity index (χ1n) is 7.66. The number of para-hydroxylation sites is 1. The van der Waals surface area contributed by atoms with Gasteiger partial charge in [-0.1, -0.05) is 12.1 Å². The summed E-state index contributed by atoms with van der Waals surface area (Å²) in [5, 5.41) is 2.70. The third-order valence-corrected chi connectivity index (χ3v) is 3.76. The van der Waals surface area contributed by atoms with Gasteiger partial charge in [0.25, 0.3) is 5.91 Å². The predicted molar refractivity (Wildman–Crippen MR) is 82.0 cm³/mol. The van der Waals surface area contributed by atoms with Crippen molar-refractivity contribution in [3.05, 3.63) is 29.8 Å². The summed E-state index contributed by atoms with van der Waals surface area (Å²) in [5.41, 5.74) is 0.0226. The normalized spacial score (nSPS) is 17.2. The summed E-state index contributed by atoms with van der Waals surface area (Å²) in [4.78, 5) is 26.3. The number of amides is 2. The molecule has 6 nitrogen and oxygen atoms in total.